The highest BCUT2D eigenvalue weighted by Crippen LogP contribution is 2.10. The van der Waals surface area contributed by atoms with Crippen molar-refractivity contribution >= 4 is 58.5 Å². The van der Waals surface area contributed by atoms with Crippen LogP contribution in [0.1, 0.15) is 26.0 Å². The molecular weight excluding hydrogens is 469 g/mol. The van der Waals surface area contributed by atoms with Crippen LogP contribution in [0.5, 0.6) is 0 Å². The Hall–Kier alpha value is -1.20. The maximum atomic E-state index is 11.8. The molecule has 9 heteroatoms. The molecule has 0 aromatic carbocycles. The summed E-state index contributed by atoms with van der Waals surface area (Å²) >= 11 is 3.17. The molecule has 0 saturated heterocycles. The number of nitrogens with one attached hydrogen (secondary N) is 3. The Bertz CT molecular complexity index is 657. The standard InChI is InChI=1S/C16H23N5OS2.HI/c1-12-11-21-14(24-12)6-9-20-16(17-2)19-8-4-7-18-15(22)13-5-3-10-23-13;/h3,5,10-11H,4,6-9H2,1-2H3,(H,18,22)(H2,17,19,20);1H. The summed E-state index contributed by atoms with van der Waals surface area (Å²) in [5, 5.41) is 12.5. The van der Waals surface area contributed by atoms with E-state index in [0.29, 0.717) is 6.54 Å². The van der Waals surface area contributed by atoms with Crippen LogP contribution in [0.3, 0.4) is 0 Å². The lowest BCUT2D eigenvalue weighted by atomic mass is 10.4. The minimum Gasteiger partial charge on any atom is -0.356 e. The first-order valence-electron chi connectivity index (χ1n) is 7.86. The smallest absolute Gasteiger partial charge is 0.261 e. The van der Waals surface area contributed by atoms with Crippen molar-refractivity contribution in [3.63, 3.8) is 0 Å². The van der Waals surface area contributed by atoms with Gasteiger partial charge in [0.2, 0.25) is 0 Å². The number of amides is 1. The van der Waals surface area contributed by atoms with Gasteiger partial charge in [-0.05, 0) is 24.8 Å². The molecule has 0 radical (unpaired) electrons. The van der Waals surface area contributed by atoms with Crippen molar-refractivity contribution in [1.29, 1.82) is 0 Å². The van der Waals surface area contributed by atoms with Crippen LogP contribution in [-0.4, -0.2) is 43.5 Å². The van der Waals surface area contributed by atoms with Gasteiger partial charge in [0.15, 0.2) is 5.96 Å². The molecule has 0 bridgehead atoms. The molecule has 2 aromatic heterocycles. The second-order valence-corrected chi connectivity index (χ2v) is 7.39. The fraction of sp³-hybridized carbons (Fsp3) is 0.438. The molecule has 2 aromatic rings. The van der Waals surface area contributed by atoms with E-state index < -0.39 is 0 Å². The van der Waals surface area contributed by atoms with E-state index in [-0.39, 0.29) is 29.9 Å². The van der Waals surface area contributed by atoms with E-state index in [2.05, 4.69) is 32.9 Å². The van der Waals surface area contributed by atoms with Crippen molar-refractivity contribution < 1.29 is 4.79 Å². The number of hydrogen-bond acceptors (Lipinski definition) is 5. The molecule has 0 aliphatic carbocycles. The molecule has 25 heavy (non-hydrogen) atoms. The summed E-state index contributed by atoms with van der Waals surface area (Å²) in [6, 6.07) is 3.71. The van der Waals surface area contributed by atoms with Crippen LogP contribution in [-0.2, 0) is 6.42 Å². The van der Waals surface area contributed by atoms with E-state index in [1.165, 1.54) is 16.2 Å². The third-order valence-electron chi connectivity index (χ3n) is 3.20. The first-order valence-corrected chi connectivity index (χ1v) is 9.56. The Balaban J connectivity index is 0.00000312. The van der Waals surface area contributed by atoms with E-state index >= 15 is 0 Å². The first-order chi connectivity index (χ1) is 11.7. The number of halogens is 1. The van der Waals surface area contributed by atoms with Crippen molar-refractivity contribution in [2.45, 2.75) is 19.8 Å². The number of guanidine groups is 1. The molecule has 0 saturated carbocycles. The Morgan fingerprint density at radius 3 is 2.64 bits per heavy atom. The number of carbonyl (C=O) groups excluding carboxylic acids is 1. The van der Waals surface area contributed by atoms with Crippen LogP contribution in [0, 0.1) is 6.92 Å². The third kappa shape index (κ3) is 8.15. The second-order valence-electron chi connectivity index (χ2n) is 5.13. The predicted molar refractivity (Wildman–Crippen MR) is 117 cm³/mol. The summed E-state index contributed by atoms with van der Waals surface area (Å²) in [5.74, 6) is 0.763. The van der Waals surface area contributed by atoms with Gasteiger partial charge in [-0.15, -0.1) is 46.7 Å². The van der Waals surface area contributed by atoms with E-state index in [4.69, 9.17) is 0 Å². The minimum atomic E-state index is -0.00810. The van der Waals surface area contributed by atoms with Gasteiger partial charge in [-0.25, -0.2) is 4.98 Å². The van der Waals surface area contributed by atoms with Crippen LogP contribution in [0.15, 0.2) is 28.7 Å². The van der Waals surface area contributed by atoms with E-state index in [0.717, 1.165) is 41.8 Å². The van der Waals surface area contributed by atoms with E-state index in [1.54, 1.807) is 18.4 Å². The molecule has 2 heterocycles. The van der Waals surface area contributed by atoms with Crippen molar-refractivity contribution in [1.82, 2.24) is 20.9 Å². The summed E-state index contributed by atoms with van der Waals surface area (Å²) in [4.78, 5) is 22.3. The van der Waals surface area contributed by atoms with E-state index in [1.807, 2.05) is 23.7 Å². The molecule has 2 rings (SSSR count). The van der Waals surface area contributed by atoms with Gasteiger partial charge in [0, 0.05) is 44.2 Å². The number of aryl methyl sites for hydroxylation is 1. The van der Waals surface area contributed by atoms with Crippen LogP contribution < -0.4 is 16.0 Å². The molecule has 6 nitrogen and oxygen atoms in total. The Morgan fingerprint density at radius 2 is 2.00 bits per heavy atom. The van der Waals surface area contributed by atoms with E-state index in [9.17, 15) is 4.79 Å². The highest BCUT2D eigenvalue weighted by molar-refractivity contribution is 14.0. The number of aliphatic imine (C=N–C) groups is 1. The summed E-state index contributed by atoms with van der Waals surface area (Å²) < 4.78 is 0. The molecule has 3 N–H and O–H groups in total. The SMILES string of the molecule is CN=C(NCCCNC(=O)c1cccs1)NCCc1ncc(C)s1.I. The van der Waals surface area contributed by atoms with Crippen molar-refractivity contribution in [3.8, 4) is 0 Å². The molecule has 0 unspecified atom stereocenters. The summed E-state index contributed by atoms with van der Waals surface area (Å²) in [6.07, 6.45) is 3.62. The average Bonchev–Trinajstić information content (AvgIpc) is 3.24. The largest absolute Gasteiger partial charge is 0.356 e. The topological polar surface area (TPSA) is 78.4 Å². The number of hydrogen-bond donors (Lipinski definition) is 3. The second kappa shape index (κ2) is 12.2. The molecule has 138 valence electrons. The molecule has 0 aliphatic rings. The number of thiophene rings is 1. The van der Waals surface area contributed by atoms with Gasteiger partial charge in [0.05, 0.1) is 9.88 Å². The molecule has 0 aliphatic heterocycles. The number of rotatable bonds is 8. The van der Waals surface area contributed by atoms with Crippen LogP contribution in [0.25, 0.3) is 0 Å². The lowest BCUT2D eigenvalue weighted by Crippen LogP contribution is -2.39. The molecule has 0 atom stereocenters. The van der Waals surface area contributed by atoms with Crippen molar-refractivity contribution in [2.24, 2.45) is 4.99 Å². The zero-order chi connectivity index (χ0) is 17.2. The van der Waals surface area contributed by atoms with Gasteiger partial charge in [0.1, 0.15) is 0 Å². The van der Waals surface area contributed by atoms with Crippen molar-refractivity contribution in [2.75, 3.05) is 26.7 Å². The normalized spacial score (nSPS) is 10.9. The highest BCUT2D eigenvalue weighted by Gasteiger charge is 2.05. The van der Waals surface area contributed by atoms with Gasteiger partial charge in [0.25, 0.3) is 5.91 Å². The monoisotopic (exact) mass is 493 g/mol. The first kappa shape index (κ1) is 21.8. The van der Waals surface area contributed by atoms with Gasteiger partial charge < -0.3 is 16.0 Å². The zero-order valence-electron chi connectivity index (χ0n) is 14.4. The summed E-state index contributed by atoms with van der Waals surface area (Å²) in [5.41, 5.74) is 0. The van der Waals surface area contributed by atoms with Crippen LogP contribution in [0.2, 0.25) is 0 Å². The third-order valence-corrected chi connectivity index (χ3v) is 5.04. The Morgan fingerprint density at radius 1 is 1.24 bits per heavy atom. The molecule has 0 spiro atoms. The Kier molecular flexibility index (Phi) is 10.7. The maximum absolute atomic E-state index is 11.8. The van der Waals surface area contributed by atoms with Gasteiger partial charge >= 0.3 is 0 Å². The maximum Gasteiger partial charge on any atom is 0.261 e. The number of nitrogens with zero attached hydrogens (tertiary/aromatic N) is 2. The quantitative estimate of drug-likeness (QED) is 0.229. The van der Waals surface area contributed by atoms with Gasteiger partial charge in [-0.1, -0.05) is 6.07 Å². The average molecular weight is 493 g/mol. The number of thiazole rings is 1. The predicted octanol–water partition coefficient (Wildman–Crippen LogP) is 2.66. The lowest BCUT2D eigenvalue weighted by Gasteiger charge is -2.11. The molecule has 1 amide bonds. The molecule has 0 fully saturated rings. The van der Waals surface area contributed by atoms with Gasteiger partial charge in [-0.2, -0.15) is 0 Å². The highest BCUT2D eigenvalue weighted by atomic mass is 127. The van der Waals surface area contributed by atoms with Crippen LogP contribution in [0.4, 0.5) is 0 Å². The summed E-state index contributed by atoms with van der Waals surface area (Å²) in [7, 11) is 1.75. The Labute approximate surface area is 173 Å². The fourth-order valence-electron chi connectivity index (χ4n) is 2.02. The summed E-state index contributed by atoms with van der Waals surface area (Å²) in [6.45, 7) is 4.24. The molecular formula is C16H24IN5OS2. The zero-order valence-corrected chi connectivity index (χ0v) is 18.3. The fourth-order valence-corrected chi connectivity index (χ4v) is 3.44. The van der Waals surface area contributed by atoms with Crippen LogP contribution >= 0.6 is 46.7 Å². The number of carbonyl (C=O) groups is 1. The minimum absolute atomic E-state index is 0. The van der Waals surface area contributed by atoms with Crippen molar-refractivity contribution in [3.05, 3.63) is 38.5 Å². The van der Waals surface area contributed by atoms with Gasteiger partial charge in [-0.3, -0.25) is 9.79 Å². The number of aromatic nitrogens is 1. The lowest BCUT2D eigenvalue weighted by molar-refractivity contribution is 0.0957.